The Labute approximate surface area is 85.8 Å². The van der Waals surface area contributed by atoms with Crippen LogP contribution in [0.15, 0.2) is 16.0 Å². The van der Waals surface area contributed by atoms with Crippen LogP contribution in [0.2, 0.25) is 0 Å². The van der Waals surface area contributed by atoms with E-state index in [-0.39, 0.29) is 11.4 Å². The van der Waals surface area contributed by atoms with Crippen molar-refractivity contribution >= 4 is 11.8 Å². The van der Waals surface area contributed by atoms with Gasteiger partial charge < -0.3 is 10.1 Å². The molecule has 1 aromatic rings. The van der Waals surface area contributed by atoms with E-state index in [9.17, 15) is 4.79 Å². The van der Waals surface area contributed by atoms with Gasteiger partial charge in [0.05, 0.1) is 6.07 Å². The summed E-state index contributed by atoms with van der Waals surface area (Å²) in [4.78, 5) is 17.4. The molecule has 2 rings (SSSR count). The van der Waals surface area contributed by atoms with Crippen LogP contribution in [0.1, 0.15) is 19.3 Å². The highest BCUT2D eigenvalue weighted by Crippen LogP contribution is 2.31. The lowest BCUT2D eigenvalue weighted by molar-refractivity contribution is 0.353. The Bertz CT molecular complexity index is 373. The second-order valence-electron chi connectivity index (χ2n) is 3.52. The third-order valence-corrected chi connectivity index (χ3v) is 3.49. The van der Waals surface area contributed by atoms with Gasteiger partial charge in [-0.3, -0.25) is 4.79 Å². The zero-order chi connectivity index (χ0) is 9.97. The predicted octanol–water partition coefficient (Wildman–Crippen LogP) is 1.37. The Morgan fingerprint density at radius 3 is 3.00 bits per heavy atom. The maximum absolute atomic E-state index is 11.0. The minimum Gasteiger partial charge on any atom is -0.493 e. The van der Waals surface area contributed by atoms with Gasteiger partial charge in [-0.1, -0.05) is 18.2 Å². The van der Waals surface area contributed by atoms with E-state index in [1.165, 1.54) is 31.0 Å². The number of nitrogens with one attached hydrogen (secondary N) is 1. The second kappa shape index (κ2) is 4.04. The summed E-state index contributed by atoms with van der Waals surface area (Å²) in [6.45, 7) is 0. The first-order valence-corrected chi connectivity index (χ1v) is 5.66. The number of aromatic nitrogens is 2. The number of hydrogen-bond donors (Lipinski definition) is 2. The van der Waals surface area contributed by atoms with E-state index in [0.29, 0.717) is 5.16 Å². The summed E-state index contributed by atoms with van der Waals surface area (Å²) in [6, 6.07) is 1.08. The minimum absolute atomic E-state index is 0.204. The molecule has 0 bridgehead atoms. The van der Waals surface area contributed by atoms with Gasteiger partial charge in [0, 0.05) is 5.75 Å². The van der Waals surface area contributed by atoms with Crippen LogP contribution in [0.25, 0.3) is 0 Å². The predicted molar refractivity (Wildman–Crippen MR) is 54.6 cm³/mol. The number of nitrogens with zero attached hydrogens (tertiary/aromatic N) is 1. The Kier molecular flexibility index (Phi) is 2.77. The minimum atomic E-state index is -0.298. The van der Waals surface area contributed by atoms with Gasteiger partial charge in [-0.2, -0.15) is 4.98 Å². The standard InChI is InChI=1S/C9H12N2O2S/c12-7-4-8(13)11-9(10-7)14-5-6-2-1-3-6/h4,6H,1-3,5H2,(H2,10,11,12,13). The number of hydrogen-bond acceptors (Lipinski definition) is 4. The zero-order valence-corrected chi connectivity index (χ0v) is 8.51. The first kappa shape index (κ1) is 9.58. The molecular weight excluding hydrogens is 200 g/mol. The molecule has 5 heteroatoms. The lowest BCUT2D eigenvalue weighted by Crippen LogP contribution is -2.14. The van der Waals surface area contributed by atoms with E-state index in [2.05, 4.69) is 9.97 Å². The topological polar surface area (TPSA) is 66.0 Å². The molecule has 76 valence electrons. The zero-order valence-electron chi connectivity index (χ0n) is 7.69. The Balaban J connectivity index is 1.97. The molecule has 0 radical (unpaired) electrons. The highest BCUT2D eigenvalue weighted by atomic mass is 32.2. The fourth-order valence-electron chi connectivity index (χ4n) is 1.35. The van der Waals surface area contributed by atoms with E-state index in [1.54, 1.807) is 0 Å². The van der Waals surface area contributed by atoms with Gasteiger partial charge in [-0.05, 0) is 18.8 Å². The molecule has 1 aliphatic rings. The number of H-pyrrole nitrogens is 1. The van der Waals surface area contributed by atoms with Crippen molar-refractivity contribution in [3.63, 3.8) is 0 Å². The van der Waals surface area contributed by atoms with Gasteiger partial charge >= 0.3 is 0 Å². The van der Waals surface area contributed by atoms with Crippen LogP contribution >= 0.6 is 11.8 Å². The molecule has 0 atom stereocenters. The van der Waals surface area contributed by atoms with Gasteiger partial charge in [0.2, 0.25) is 5.88 Å². The first-order chi connectivity index (χ1) is 6.74. The third kappa shape index (κ3) is 2.29. The molecule has 0 saturated heterocycles. The monoisotopic (exact) mass is 212 g/mol. The number of thioether (sulfide) groups is 1. The Morgan fingerprint density at radius 2 is 2.43 bits per heavy atom. The van der Waals surface area contributed by atoms with E-state index in [0.717, 1.165) is 17.7 Å². The maximum Gasteiger partial charge on any atom is 0.255 e. The number of aromatic amines is 1. The summed E-state index contributed by atoms with van der Waals surface area (Å²) in [6.07, 6.45) is 3.86. The van der Waals surface area contributed by atoms with Gasteiger partial charge in [-0.25, -0.2) is 0 Å². The second-order valence-corrected chi connectivity index (χ2v) is 4.53. The molecule has 0 unspecified atom stereocenters. The van der Waals surface area contributed by atoms with Crippen molar-refractivity contribution in [2.75, 3.05) is 5.75 Å². The van der Waals surface area contributed by atoms with Crippen LogP contribution in [-0.4, -0.2) is 20.8 Å². The highest BCUT2D eigenvalue weighted by molar-refractivity contribution is 7.99. The van der Waals surface area contributed by atoms with Gasteiger partial charge in [0.15, 0.2) is 5.16 Å². The quantitative estimate of drug-likeness (QED) is 0.586. The molecule has 1 fully saturated rings. The highest BCUT2D eigenvalue weighted by Gasteiger charge is 2.17. The molecular formula is C9H12N2O2S. The fourth-order valence-corrected chi connectivity index (χ4v) is 2.41. The molecule has 1 aromatic heterocycles. The van der Waals surface area contributed by atoms with Gasteiger partial charge in [0.25, 0.3) is 5.56 Å². The van der Waals surface area contributed by atoms with Crippen molar-refractivity contribution in [3.8, 4) is 5.88 Å². The molecule has 0 aliphatic heterocycles. The number of aromatic hydroxyl groups is 1. The van der Waals surface area contributed by atoms with E-state index < -0.39 is 0 Å². The smallest absolute Gasteiger partial charge is 0.255 e. The summed E-state index contributed by atoms with van der Waals surface area (Å²) in [5.41, 5.74) is -0.298. The van der Waals surface area contributed by atoms with Crippen LogP contribution < -0.4 is 5.56 Å². The molecule has 1 heterocycles. The molecule has 2 N–H and O–H groups in total. The molecule has 0 aromatic carbocycles. The van der Waals surface area contributed by atoms with Gasteiger partial charge in [0.1, 0.15) is 0 Å². The molecule has 14 heavy (non-hydrogen) atoms. The summed E-state index contributed by atoms with van der Waals surface area (Å²) >= 11 is 1.51. The summed E-state index contributed by atoms with van der Waals surface area (Å²) < 4.78 is 0. The molecule has 4 nitrogen and oxygen atoms in total. The first-order valence-electron chi connectivity index (χ1n) is 4.67. The lowest BCUT2D eigenvalue weighted by Gasteiger charge is -2.24. The van der Waals surface area contributed by atoms with Crippen LogP contribution in [-0.2, 0) is 0 Å². The van der Waals surface area contributed by atoms with Crippen molar-refractivity contribution < 1.29 is 5.11 Å². The van der Waals surface area contributed by atoms with Crippen LogP contribution in [0.5, 0.6) is 5.88 Å². The molecule has 0 spiro atoms. The number of rotatable bonds is 3. The Hall–Kier alpha value is -0.970. The van der Waals surface area contributed by atoms with Gasteiger partial charge in [-0.15, -0.1) is 0 Å². The lowest BCUT2D eigenvalue weighted by atomic mass is 9.87. The normalized spacial score (nSPS) is 16.6. The van der Waals surface area contributed by atoms with Crippen molar-refractivity contribution in [1.29, 1.82) is 0 Å². The van der Waals surface area contributed by atoms with Crippen LogP contribution in [0.3, 0.4) is 0 Å². The SMILES string of the molecule is O=c1cc(O)nc(SCC2CCC2)[nH]1. The summed E-state index contributed by atoms with van der Waals surface area (Å²) in [5, 5.41) is 9.60. The van der Waals surface area contributed by atoms with Crippen molar-refractivity contribution in [1.82, 2.24) is 9.97 Å². The molecule has 1 aliphatic carbocycles. The fraction of sp³-hybridized carbons (Fsp3) is 0.556. The third-order valence-electron chi connectivity index (χ3n) is 2.39. The maximum atomic E-state index is 11.0. The molecule has 0 amide bonds. The van der Waals surface area contributed by atoms with E-state index >= 15 is 0 Å². The average Bonchev–Trinajstić information content (AvgIpc) is 1.99. The van der Waals surface area contributed by atoms with Crippen LogP contribution in [0, 0.1) is 5.92 Å². The largest absolute Gasteiger partial charge is 0.493 e. The van der Waals surface area contributed by atoms with Crippen molar-refractivity contribution in [2.24, 2.45) is 5.92 Å². The van der Waals surface area contributed by atoms with E-state index in [1.807, 2.05) is 0 Å². The average molecular weight is 212 g/mol. The van der Waals surface area contributed by atoms with Crippen molar-refractivity contribution in [3.05, 3.63) is 16.4 Å². The summed E-state index contributed by atoms with van der Waals surface area (Å²) in [5.74, 6) is 1.53. The Morgan fingerprint density at radius 1 is 1.64 bits per heavy atom. The van der Waals surface area contributed by atoms with Crippen LogP contribution in [0.4, 0.5) is 0 Å². The van der Waals surface area contributed by atoms with Crippen molar-refractivity contribution in [2.45, 2.75) is 24.4 Å². The van der Waals surface area contributed by atoms with E-state index in [4.69, 9.17) is 5.11 Å². The molecule has 1 saturated carbocycles. The summed E-state index contributed by atoms with van der Waals surface area (Å²) in [7, 11) is 0.